The summed E-state index contributed by atoms with van der Waals surface area (Å²) in [4.78, 5) is 23.0. The summed E-state index contributed by atoms with van der Waals surface area (Å²) < 4.78 is 0. The summed E-state index contributed by atoms with van der Waals surface area (Å²) in [7, 11) is 0. The molecule has 0 aromatic heterocycles. The molecule has 0 spiro atoms. The number of rotatable bonds is 5. The van der Waals surface area contributed by atoms with Gasteiger partial charge in [-0.05, 0) is 24.6 Å². The largest absolute Gasteiger partial charge is 0.480 e. The van der Waals surface area contributed by atoms with Gasteiger partial charge in [0.15, 0.2) is 5.78 Å². The maximum Gasteiger partial charge on any atom is 0.320 e. The summed E-state index contributed by atoms with van der Waals surface area (Å²) in [5, 5.41) is 8.77. The highest BCUT2D eigenvalue weighted by molar-refractivity contribution is 5.98. The molecule has 4 heteroatoms. The summed E-state index contributed by atoms with van der Waals surface area (Å²) in [5.41, 5.74) is 7.42. The van der Waals surface area contributed by atoms with E-state index in [1.165, 1.54) is 0 Å². The van der Waals surface area contributed by atoms with Gasteiger partial charge in [0.1, 0.15) is 6.04 Å². The molecule has 0 radical (unpaired) electrons. The summed E-state index contributed by atoms with van der Waals surface area (Å²) in [6.45, 7) is 0. The average Bonchev–Trinajstić information content (AvgIpc) is 2.58. The Labute approximate surface area is 134 Å². The third-order valence-corrected chi connectivity index (χ3v) is 3.34. The van der Waals surface area contributed by atoms with Crippen molar-refractivity contribution < 1.29 is 14.7 Å². The standard InChI is InChI=1S/C19H17NO3/c20-17(19(22)23)12-13-18(21)16-9-5-4-8-15(16)11-10-14-6-2-1-3-7-14/h1-9,17H,12-13,20H2,(H,22,23)/t17-/m0/s1. The van der Waals surface area contributed by atoms with Gasteiger partial charge < -0.3 is 10.8 Å². The Morgan fingerprint density at radius 1 is 1.00 bits per heavy atom. The Kier molecular flexibility index (Phi) is 5.67. The predicted octanol–water partition coefficient (Wildman–Crippen LogP) is 2.46. The topological polar surface area (TPSA) is 80.4 Å². The Morgan fingerprint density at radius 3 is 2.35 bits per heavy atom. The molecule has 4 nitrogen and oxygen atoms in total. The average molecular weight is 307 g/mol. The Hall–Kier alpha value is -2.90. The van der Waals surface area contributed by atoms with Gasteiger partial charge in [-0.25, -0.2) is 0 Å². The highest BCUT2D eigenvalue weighted by Crippen LogP contribution is 2.12. The first-order valence-electron chi connectivity index (χ1n) is 7.25. The molecule has 2 aromatic rings. The summed E-state index contributed by atoms with van der Waals surface area (Å²) >= 11 is 0. The van der Waals surface area contributed by atoms with E-state index in [2.05, 4.69) is 11.8 Å². The SMILES string of the molecule is N[C@@H](CCC(=O)c1ccccc1C#Cc1ccccc1)C(=O)O. The molecule has 2 rings (SSSR count). The van der Waals surface area contributed by atoms with Crippen LogP contribution in [0, 0.1) is 11.8 Å². The van der Waals surface area contributed by atoms with Crippen LogP contribution >= 0.6 is 0 Å². The van der Waals surface area contributed by atoms with Crippen LogP contribution in [0.1, 0.15) is 34.3 Å². The van der Waals surface area contributed by atoms with Crippen LogP contribution < -0.4 is 5.73 Å². The molecule has 0 fully saturated rings. The second-order valence-corrected chi connectivity index (χ2v) is 5.07. The number of carboxylic acid groups (broad SMARTS) is 1. The van der Waals surface area contributed by atoms with Crippen molar-refractivity contribution >= 4 is 11.8 Å². The Balaban J connectivity index is 2.16. The number of carboxylic acids is 1. The van der Waals surface area contributed by atoms with Crippen LogP contribution in [-0.4, -0.2) is 22.9 Å². The Bertz CT molecular complexity index is 757. The van der Waals surface area contributed by atoms with Crippen LogP contribution in [0.2, 0.25) is 0 Å². The fraction of sp³-hybridized carbons (Fsp3) is 0.158. The summed E-state index contributed by atoms with van der Waals surface area (Å²) in [5.74, 6) is 4.77. The predicted molar refractivity (Wildman–Crippen MR) is 88.0 cm³/mol. The summed E-state index contributed by atoms with van der Waals surface area (Å²) in [6, 6.07) is 15.5. The van der Waals surface area contributed by atoms with E-state index in [0.717, 1.165) is 5.56 Å². The molecule has 2 aromatic carbocycles. The van der Waals surface area contributed by atoms with Crippen molar-refractivity contribution in [3.8, 4) is 11.8 Å². The second-order valence-electron chi connectivity index (χ2n) is 5.07. The third-order valence-electron chi connectivity index (χ3n) is 3.34. The van der Waals surface area contributed by atoms with Crippen LogP contribution in [0.15, 0.2) is 54.6 Å². The van der Waals surface area contributed by atoms with Gasteiger partial charge in [0.05, 0.1) is 0 Å². The zero-order chi connectivity index (χ0) is 16.7. The van der Waals surface area contributed by atoms with Gasteiger partial charge in [-0.1, -0.05) is 48.2 Å². The molecule has 0 saturated heterocycles. The van der Waals surface area contributed by atoms with Gasteiger partial charge >= 0.3 is 5.97 Å². The lowest BCUT2D eigenvalue weighted by Gasteiger charge is -2.06. The molecule has 116 valence electrons. The zero-order valence-corrected chi connectivity index (χ0v) is 12.5. The number of benzene rings is 2. The van der Waals surface area contributed by atoms with Crippen molar-refractivity contribution in [3.05, 3.63) is 71.3 Å². The molecule has 23 heavy (non-hydrogen) atoms. The van der Waals surface area contributed by atoms with Crippen LogP contribution in [-0.2, 0) is 4.79 Å². The van der Waals surface area contributed by atoms with Crippen molar-refractivity contribution in [2.24, 2.45) is 5.73 Å². The number of hydrogen-bond acceptors (Lipinski definition) is 3. The van der Waals surface area contributed by atoms with Gasteiger partial charge in [0, 0.05) is 23.1 Å². The molecular formula is C19H17NO3. The first kappa shape index (κ1) is 16.5. The molecule has 0 amide bonds. The lowest BCUT2D eigenvalue weighted by molar-refractivity contribution is -0.138. The number of Topliss-reactive ketones (excluding diaryl/α,β-unsaturated/α-hetero) is 1. The van der Waals surface area contributed by atoms with Crippen molar-refractivity contribution in [3.63, 3.8) is 0 Å². The normalized spacial score (nSPS) is 11.2. The van der Waals surface area contributed by atoms with E-state index in [-0.39, 0.29) is 18.6 Å². The molecule has 0 aliphatic carbocycles. The zero-order valence-electron chi connectivity index (χ0n) is 12.5. The number of aliphatic carboxylic acids is 1. The lowest BCUT2D eigenvalue weighted by Crippen LogP contribution is -2.30. The van der Waals surface area contributed by atoms with Crippen molar-refractivity contribution in [2.75, 3.05) is 0 Å². The van der Waals surface area contributed by atoms with E-state index in [4.69, 9.17) is 10.8 Å². The molecule has 0 heterocycles. The van der Waals surface area contributed by atoms with E-state index in [1.54, 1.807) is 18.2 Å². The number of ketones is 1. The molecular weight excluding hydrogens is 290 g/mol. The highest BCUT2D eigenvalue weighted by atomic mass is 16.4. The maximum atomic E-state index is 12.3. The fourth-order valence-electron chi connectivity index (χ4n) is 2.04. The van der Waals surface area contributed by atoms with Crippen molar-refractivity contribution in [2.45, 2.75) is 18.9 Å². The minimum Gasteiger partial charge on any atom is -0.480 e. The molecule has 3 N–H and O–H groups in total. The van der Waals surface area contributed by atoms with Gasteiger partial charge in [-0.15, -0.1) is 0 Å². The number of carbonyl (C=O) groups is 2. The first-order valence-corrected chi connectivity index (χ1v) is 7.25. The monoisotopic (exact) mass is 307 g/mol. The second kappa shape index (κ2) is 7.92. The lowest BCUT2D eigenvalue weighted by atomic mass is 9.99. The fourth-order valence-corrected chi connectivity index (χ4v) is 2.04. The van der Waals surface area contributed by atoms with Gasteiger partial charge in [0.25, 0.3) is 0 Å². The van der Waals surface area contributed by atoms with E-state index in [0.29, 0.717) is 11.1 Å². The van der Waals surface area contributed by atoms with E-state index >= 15 is 0 Å². The minimum absolute atomic E-state index is 0.0809. The van der Waals surface area contributed by atoms with Crippen LogP contribution in [0.3, 0.4) is 0 Å². The number of carbonyl (C=O) groups excluding carboxylic acids is 1. The number of nitrogens with two attached hydrogens (primary N) is 1. The van der Waals surface area contributed by atoms with Gasteiger partial charge in [-0.2, -0.15) is 0 Å². The van der Waals surface area contributed by atoms with E-state index in [9.17, 15) is 9.59 Å². The highest BCUT2D eigenvalue weighted by Gasteiger charge is 2.15. The summed E-state index contributed by atoms with van der Waals surface area (Å²) in [6.07, 6.45) is 0.187. The molecule has 1 atom stereocenters. The van der Waals surface area contributed by atoms with Crippen molar-refractivity contribution in [1.82, 2.24) is 0 Å². The van der Waals surface area contributed by atoms with E-state index < -0.39 is 12.0 Å². The van der Waals surface area contributed by atoms with E-state index in [1.807, 2.05) is 36.4 Å². The minimum atomic E-state index is -1.10. The molecule has 0 unspecified atom stereocenters. The van der Waals surface area contributed by atoms with Crippen LogP contribution in [0.5, 0.6) is 0 Å². The van der Waals surface area contributed by atoms with Crippen LogP contribution in [0.25, 0.3) is 0 Å². The quantitative estimate of drug-likeness (QED) is 0.657. The third kappa shape index (κ3) is 4.80. The van der Waals surface area contributed by atoms with Crippen molar-refractivity contribution in [1.29, 1.82) is 0 Å². The van der Waals surface area contributed by atoms with Crippen LogP contribution in [0.4, 0.5) is 0 Å². The first-order chi connectivity index (χ1) is 11.1. The molecule has 0 aliphatic heterocycles. The maximum absolute atomic E-state index is 12.3. The molecule has 0 bridgehead atoms. The smallest absolute Gasteiger partial charge is 0.320 e. The van der Waals surface area contributed by atoms with Gasteiger partial charge in [0.2, 0.25) is 0 Å². The number of hydrogen-bond donors (Lipinski definition) is 2. The van der Waals surface area contributed by atoms with Gasteiger partial charge in [-0.3, -0.25) is 9.59 Å². The Morgan fingerprint density at radius 2 is 1.65 bits per heavy atom. The molecule has 0 aliphatic rings. The molecule has 0 saturated carbocycles.